The fourth-order valence-corrected chi connectivity index (χ4v) is 5.07. The van der Waals surface area contributed by atoms with Crippen LogP contribution >= 0.6 is 11.8 Å². The standard InChI is InChI=1S/C18H23N3OS/c1-14-19-11-16(21(14)15-5-3-2-4-6-15)12-20-8-10-23-18-13-22-9-7-17(18)20/h2-6,11,17-18H,7-10,12-13H2,1H3/t17-,18-/m0/s1. The third kappa shape index (κ3) is 3.05. The smallest absolute Gasteiger partial charge is 0.110 e. The Bertz CT molecular complexity index is 656. The van der Waals surface area contributed by atoms with Crippen LogP contribution in [-0.4, -0.2) is 51.3 Å². The zero-order valence-electron chi connectivity index (χ0n) is 13.5. The monoisotopic (exact) mass is 329 g/mol. The molecule has 23 heavy (non-hydrogen) atoms. The number of imidazole rings is 1. The van der Waals surface area contributed by atoms with E-state index in [9.17, 15) is 0 Å². The summed E-state index contributed by atoms with van der Waals surface area (Å²) < 4.78 is 7.96. The first kappa shape index (κ1) is 15.2. The average molecular weight is 329 g/mol. The summed E-state index contributed by atoms with van der Waals surface area (Å²) in [7, 11) is 0. The van der Waals surface area contributed by atoms with Crippen molar-refractivity contribution in [3.63, 3.8) is 0 Å². The van der Waals surface area contributed by atoms with Gasteiger partial charge in [0.2, 0.25) is 0 Å². The van der Waals surface area contributed by atoms with Gasteiger partial charge in [-0.05, 0) is 25.5 Å². The van der Waals surface area contributed by atoms with E-state index in [1.165, 1.54) is 17.1 Å². The lowest BCUT2D eigenvalue weighted by molar-refractivity contribution is 0.0345. The van der Waals surface area contributed by atoms with Crippen LogP contribution < -0.4 is 0 Å². The van der Waals surface area contributed by atoms with Crippen molar-refractivity contribution in [1.29, 1.82) is 0 Å². The van der Waals surface area contributed by atoms with Crippen LogP contribution in [-0.2, 0) is 11.3 Å². The van der Waals surface area contributed by atoms with Crippen molar-refractivity contribution in [2.45, 2.75) is 31.2 Å². The second-order valence-corrected chi connectivity index (χ2v) is 7.63. The zero-order valence-corrected chi connectivity index (χ0v) is 14.3. The second-order valence-electron chi connectivity index (χ2n) is 6.28. The number of hydrogen-bond acceptors (Lipinski definition) is 4. The Morgan fingerprint density at radius 3 is 3.04 bits per heavy atom. The summed E-state index contributed by atoms with van der Waals surface area (Å²) in [5.74, 6) is 2.25. The van der Waals surface area contributed by atoms with Crippen LogP contribution in [0.4, 0.5) is 0 Å². The predicted octanol–water partition coefficient (Wildman–Crippen LogP) is 2.89. The first-order chi connectivity index (χ1) is 11.3. The Kier molecular flexibility index (Phi) is 4.42. The van der Waals surface area contributed by atoms with Gasteiger partial charge in [-0.25, -0.2) is 4.98 Å². The number of benzene rings is 1. The molecule has 4 nitrogen and oxygen atoms in total. The first-order valence-corrected chi connectivity index (χ1v) is 9.40. The molecule has 2 aromatic rings. The first-order valence-electron chi connectivity index (χ1n) is 8.35. The molecular weight excluding hydrogens is 306 g/mol. The number of thioether (sulfide) groups is 1. The lowest BCUT2D eigenvalue weighted by atomic mass is 10.1. The van der Waals surface area contributed by atoms with Gasteiger partial charge in [0.15, 0.2) is 0 Å². The van der Waals surface area contributed by atoms with Crippen molar-refractivity contribution in [2.24, 2.45) is 0 Å². The van der Waals surface area contributed by atoms with Gasteiger partial charge in [0.25, 0.3) is 0 Å². The van der Waals surface area contributed by atoms with Gasteiger partial charge >= 0.3 is 0 Å². The molecule has 2 aliphatic rings. The minimum atomic E-state index is 0.631. The summed E-state index contributed by atoms with van der Waals surface area (Å²) in [5, 5.41) is 0.631. The summed E-state index contributed by atoms with van der Waals surface area (Å²) in [6.07, 6.45) is 3.19. The Balaban J connectivity index is 1.59. The Labute approximate surface area is 141 Å². The van der Waals surface area contributed by atoms with E-state index in [0.29, 0.717) is 11.3 Å². The fourth-order valence-electron chi connectivity index (χ4n) is 3.70. The van der Waals surface area contributed by atoms with Crippen molar-refractivity contribution >= 4 is 11.8 Å². The highest BCUT2D eigenvalue weighted by Gasteiger charge is 2.34. The van der Waals surface area contributed by atoms with Crippen LogP contribution in [0.25, 0.3) is 5.69 Å². The third-order valence-electron chi connectivity index (χ3n) is 4.84. The molecule has 4 rings (SSSR count). The minimum Gasteiger partial charge on any atom is -0.380 e. The van der Waals surface area contributed by atoms with Crippen LogP contribution in [0.2, 0.25) is 0 Å². The molecule has 1 aromatic heterocycles. The molecule has 1 aromatic carbocycles. The van der Waals surface area contributed by atoms with E-state index in [4.69, 9.17) is 4.74 Å². The molecule has 2 saturated heterocycles. The molecule has 0 bridgehead atoms. The van der Waals surface area contributed by atoms with E-state index in [-0.39, 0.29) is 0 Å². The van der Waals surface area contributed by atoms with E-state index in [1.54, 1.807) is 0 Å². The summed E-state index contributed by atoms with van der Waals surface area (Å²) >= 11 is 2.08. The molecule has 5 heteroatoms. The Morgan fingerprint density at radius 1 is 1.30 bits per heavy atom. The normalized spacial score (nSPS) is 25.3. The van der Waals surface area contributed by atoms with Gasteiger partial charge in [-0.1, -0.05) is 18.2 Å². The van der Waals surface area contributed by atoms with Crippen LogP contribution in [0.5, 0.6) is 0 Å². The van der Waals surface area contributed by atoms with Crippen LogP contribution in [0.3, 0.4) is 0 Å². The molecule has 0 radical (unpaired) electrons. The third-order valence-corrected chi connectivity index (χ3v) is 6.14. The highest BCUT2D eigenvalue weighted by atomic mass is 32.2. The predicted molar refractivity (Wildman–Crippen MR) is 94.2 cm³/mol. The molecule has 0 spiro atoms. The van der Waals surface area contributed by atoms with Crippen molar-refractivity contribution in [3.05, 3.63) is 48.0 Å². The number of fused-ring (bicyclic) bond motifs is 1. The van der Waals surface area contributed by atoms with Gasteiger partial charge in [-0.3, -0.25) is 9.47 Å². The number of hydrogen-bond donors (Lipinski definition) is 0. The van der Waals surface area contributed by atoms with Crippen molar-refractivity contribution < 1.29 is 4.74 Å². The van der Waals surface area contributed by atoms with Gasteiger partial charge in [-0.2, -0.15) is 11.8 Å². The molecule has 0 unspecified atom stereocenters. The molecular formula is C18H23N3OS. The van der Waals surface area contributed by atoms with E-state index in [1.807, 2.05) is 6.20 Å². The number of aromatic nitrogens is 2. The maximum Gasteiger partial charge on any atom is 0.110 e. The van der Waals surface area contributed by atoms with Gasteiger partial charge in [0.1, 0.15) is 5.82 Å². The molecule has 0 aliphatic carbocycles. The zero-order chi connectivity index (χ0) is 15.6. The van der Waals surface area contributed by atoms with Crippen molar-refractivity contribution in [3.8, 4) is 5.69 Å². The molecule has 3 heterocycles. The fraction of sp³-hybridized carbons (Fsp3) is 0.500. The largest absolute Gasteiger partial charge is 0.380 e. The molecule has 122 valence electrons. The van der Waals surface area contributed by atoms with E-state index >= 15 is 0 Å². The molecule has 2 aliphatic heterocycles. The van der Waals surface area contributed by atoms with Crippen LogP contribution in [0.15, 0.2) is 36.5 Å². The van der Waals surface area contributed by atoms with Crippen molar-refractivity contribution in [1.82, 2.24) is 14.5 Å². The lowest BCUT2D eigenvalue weighted by Gasteiger charge is -2.43. The van der Waals surface area contributed by atoms with E-state index in [2.05, 4.69) is 63.5 Å². The summed E-state index contributed by atoms with van der Waals surface area (Å²) in [5.41, 5.74) is 2.48. The van der Waals surface area contributed by atoms with Gasteiger partial charge in [-0.15, -0.1) is 0 Å². The summed E-state index contributed by atoms with van der Waals surface area (Å²) in [4.78, 5) is 7.21. The maximum absolute atomic E-state index is 5.67. The maximum atomic E-state index is 5.67. The van der Waals surface area contributed by atoms with Gasteiger partial charge in [0.05, 0.1) is 18.5 Å². The molecule has 0 N–H and O–H groups in total. The van der Waals surface area contributed by atoms with Crippen LogP contribution in [0.1, 0.15) is 17.9 Å². The average Bonchev–Trinajstić information content (AvgIpc) is 2.96. The number of rotatable bonds is 3. The number of aryl methyl sites for hydroxylation is 1. The highest BCUT2D eigenvalue weighted by molar-refractivity contribution is 8.00. The molecule has 0 saturated carbocycles. The Morgan fingerprint density at radius 2 is 2.17 bits per heavy atom. The summed E-state index contributed by atoms with van der Waals surface area (Å²) in [6, 6.07) is 11.2. The number of para-hydroxylation sites is 1. The number of ether oxygens (including phenoxy) is 1. The van der Waals surface area contributed by atoms with E-state index in [0.717, 1.165) is 38.5 Å². The van der Waals surface area contributed by atoms with Gasteiger partial charge in [0, 0.05) is 42.4 Å². The SMILES string of the molecule is Cc1ncc(CN2CCS[C@H]3COCC[C@@H]32)n1-c1ccccc1. The quantitative estimate of drug-likeness (QED) is 0.866. The highest BCUT2D eigenvalue weighted by Crippen LogP contribution is 2.31. The topological polar surface area (TPSA) is 30.3 Å². The van der Waals surface area contributed by atoms with Crippen LogP contribution in [0, 0.1) is 6.92 Å². The molecule has 0 amide bonds. The molecule has 2 atom stereocenters. The Hall–Kier alpha value is -1.30. The van der Waals surface area contributed by atoms with E-state index < -0.39 is 0 Å². The van der Waals surface area contributed by atoms with Crippen molar-refractivity contribution in [2.75, 3.05) is 25.5 Å². The summed E-state index contributed by atoms with van der Waals surface area (Å²) in [6.45, 7) is 6.01. The minimum absolute atomic E-state index is 0.631. The van der Waals surface area contributed by atoms with Gasteiger partial charge < -0.3 is 4.74 Å². The molecule has 2 fully saturated rings. The number of nitrogens with zero attached hydrogens (tertiary/aromatic N) is 3. The lowest BCUT2D eigenvalue weighted by Crippen LogP contribution is -2.51. The second kappa shape index (κ2) is 6.67.